The van der Waals surface area contributed by atoms with Gasteiger partial charge in [0.1, 0.15) is 0 Å². The van der Waals surface area contributed by atoms with Crippen molar-refractivity contribution in [2.24, 2.45) is 0 Å². The summed E-state index contributed by atoms with van der Waals surface area (Å²) in [6.07, 6.45) is 3.50. The van der Waals surface area contributed by atoms with E-state index in [-0.39, 0.29) is 17.6 Å². The number of rotatable bonds is 3. The van der Waals surface area contributed by atoms with E-state index in [1.807, 2.05) is 17.4 Å². The highest BCUT2D eigenvalue weighted by Gasteiger charge is 2.25. The summed E-state index contributed by atoms with van der Waals surface area (Å²) in [5, 5.41) is 5.22. The lowest BCUT2D eigenvalue weighted by molar-refractivity contribution is 0.170. The first-order valence-electron chi connectivity index (χ1n) is 9.13. The van der Waals surface area contributed by atoms with Crippen molar-refractivity contribution in [1.82, 2.24) is 20.1 Å². The third kappa shape index (κ3) is 3.41. The number of fused-ring (bicyclic) bond motifs is 2. The lowest BCUT2D eigenvalue weighted by Gasteiger charge is -2.33. The van der Waals surface area contributed by atoms with Crippen LogP contribution in [0.15, 0.2) is 28.5 Å². The SMILES string of the molecule is CC(CNC(=O)N1CCc2cc[nH]c(=O)c2C1)N1CCc2sccc2C1. The van der Waals surface area contributed by atoms with Crippen LogP contribution in [0.25, 0.3) is 0 Å². The van der Waals surface area contributed by atoms with Crippen molar-refractivity contribution < 1.29 is 4.79 Å². The first-order chi connectivity index (χ1) is 12.6. The van der Waals surface area contributed by atoms with Gasteiger partial charge >= 0.3 is 6.03 Å². The largest absolute Gasteiger partial charge is 0.336 e. The number of amides is 2. The van der Waals surface area contributed by atoms with Gasteiger partial charge in [-0.3, -0.25) is 9.69 Å². The Bertz CT molecular complexity index is 859. The molecule has 0 saturated heterocycles. The molecule has 4 heterocycles. The molecule has 1 unspecified atom stereocenters. The van der Waals surface area contributed by atoms with E-state index in [0.717, 1.165) is 31.5 Å². The van der Waals surface area contributed by atoms with Gasteiger partial charge in [-0.1, -0.05) is 0 Å². The molecule has 2 aliphatic heterocycles. The van der Waals surface area contributed by atoms with Crippen LogP contribution in [0.4, 0.5) is 4.79 Å². The maximum Gasteiger partial charge on any atom is 0.317 e. The molecule has 6 nitrogen and oxygen atoms in total. The number of H-pyrrole nitrogens is 1. The average molecular weight is 372 g/mol. The average Bonchev–Trinajstić information content (AvgIpc) is 3.13. The molecule has 2 aromatic heterocycles. The third-order valence-electron chi connectivity index (χ3n) is 5.46. The molecule has 0 spiro atoms. The zero-order valence-corrected chi connectivity index (χ0v) is 15.8. The van der Waals surface area contributed by atoms with Gasteiger partial charge in [-0.05, 0) is 48.4 Å². The fourth-order valence-corrected chi connectivity index (χ4v) is 4.67. The number of aromatic amines is 1. The van der Waals surface area contributed by atoms with E-state index in [1.54, 1.807) is 11.1 Å². The van der Waals surface area contributed by atoms with Crippen LogP contribution in [-0.4, -0.2) is 46.5 Å². The van der Waals surface area contributed by atoms with Crippen molar-refractivity contribution in [1.29, 1.82) is 0 Å². The molecule has 0 aromatic carbocycles. The maximum absolute atomic E-state index is 12.5. The molecule has 2 aromatic rings. The lowest BCUT2D eigenvalue weighted by Crippen LogP contribution is -2.49. The summed E-state index contributed by atoms with van der Waals surface area (Å²) >= 11 is 1.84. The van der Waals surface area contributed by atoms with Crippen LogP contribution < -0.4 is 10.9 Å². The van der Waals surface area contributed by atoms with Crippen molar-refractivity contribution in [2.45, 2.75) is 38.9 Å². The predicted molar refractivity (Wildman–Crippen MR) is 102 cm³/mol. The molecule has 7 heteroatoms. The molecule has 2 aliphatic rings. The summed E-state index contributed by atoms with van der Waals surface area (Å²) in [4.78, 5) is 32.9. The van der Waals surface area contributed by atoms with Crippen LogP contribution in [0.5, 0.6) is 0 Å². The van der Waals surface area contributed by atoms with Crippen molar-refractivity contribution >= 4 is 17.4 Å². The Kier molecular flexibility index (Phi) is 4.82. The number of nitrogens with one attached hydrogen (secondary N) is 2. The summed E-state index contributed by atoms with van der Waals surface area (Å²) in [6.45, 7) is 5.81. The van der Waals surface area contributed by atoms with Gasteiger partial charge in [0.25, 0.3) is 5.56 Å². The monoisotopic (exact) mass is 372 g/mol. The number of aromatic nitrogens is 1. The van der Waals surface area contributed by atoms with E-state index in [1.165, 1.54) is 10.4 Å². The molecule has 0 saturated carbocycles. The van der Waals surface area contributed by atoms with Crippen LogP contribution >= 0.6 is 11.3 Å². The molecule has 0 aliphatic carbocycles. The van der Waals surface area contributed by atoms with E-state index in [0.29, 0.717) is 25.2 Å². The summed E-state index contributed by atoms with van der Waals surface area (Å²) < 4.78 is 0. The maximum atomic E-state index is 12.5. The highest BCUT2D eigenvalue weighted by Crippen LogP contribution is 2.25. The van der Waals surface area contributed by atoms with Gasteiger partial charge in [0.2, 0.25) is 0 Å². The van der Waals surface area contributed by atoms with Crippen LogP contribution in [0.1, 0.15) is 28.5 Å². The Morgan fingerprint density at radius 1 is 1.27 bits per heavy atom. The number of hydrogen-bond donors (Lipinski definition) is 2. The Balaban J connectivity index is 1.32. The molecule has 1 atom stereocenters. The molecule has 2 N–H and O–H groups in total. The number of carbonyl (C=O) groups is 1. The Hall–Kier alpha value is -2.12. The zero-order valence-electron chi connectivity index (χ0n) is 15.0. The van der Waals surface area contributed by atoms with Crippen molar-refractivity contribution in [3.63, 3.8) is 0 Å². The van der Waals surface area contributed by atoms with E-state index in [4.69, 9.17) is 0 Å². The fraction of sp³-hybridized carbons (Fsp3) is 0.474. The Labute approximate surface area is 156 Å². The second-order valence-corrected chi connectivity index (χ2v) is 8.11. The second kappa shape index (κ2) is 7.25. The standard InChI is InChI=1S/C19H24N4O2S/c1-13(22-8-4-17-15(11-22)5-9-26-17)10-21-19(25)23-7-3-14-2-6-20-18(24)16(14)12-23/h2,5-6,9,13H,3-4,7-8,10-12H2,1H3,(H,20,24)(H,21,25). The molecule has 138 valence electrons. The second-order valence-electron chi connectivity index (χ2n) is 7.11. The van der Waals surface area contributed by atoms with Gasteiger partial charge in [-0.25, -0.2) is 4.79 Å². The Morgan fingerprint density at radius 2 is 2.15 bits per heavy atom. The van der Waals surface area contributed by atoms with Gasteiger partial charge in [0.15, 0.2) is 0 Å². The summed E-state index contributed by atoms with van der Waals surface area (Å²) in [6, 6.07) is 4.34. The third-order valence-corrected chi connectivity index (χ3v) is 6.48. The number of nitrogens with zero attached hydrogens (tertiary/aromatic N) is 2. The summed E-state index contributed by atoms with van der Waals surface area (Å²) in [5.74, 6) is 0. The molecular formula is C19H24N4O2S. The lowest BCUT2D eigenvalue weighted by atomic mass is 10.0. The molecule has 26 heavy (non-hydrogen) atoms. The highest BCUT2D eigenvalue weighted by atomic mass is 32.1. The number of hydrogen-bond acceptors (Lipinski definition) is 4. The highest BCUT2D eigenvalue weighted by molar-refractivity contribution is 7.10. The minimum absolute atomic E-state index is 0.0843. The number of pyridine rings is 1. The fourth-order valence-electron chi connectivity index (χ4n) is 3.78. The zero-order chi connectivity index (χ0) is 18.1. The first kappa shape index (κ1) is 17.3. The predicted octanol–water partition coefficient (Wildman–Crippen LogP) is 1.95. The van der Waals surface area contributed by atoms with Gasteiger partial charge < -0.3 is 15.2 Å². The molecule has 2 amide bonds. The summed E-state index contributed by atoms with van der Waals surface area (Å²) in [7, 11) is 0. The molecule has 0 fully saturated rings. The quantitative estimate of drug-likeness (QED) is 0.865. The van der Waals surface area contributed by atoms with Crippen LogP contribution in [-0.2, 0) is 25.9 Å². The van der Waals surface area contributed by atoms with Gasteiger partial charge in [0.05, 0.1) is 6.54 Å². The molecule has 4 rings (SSSR count). The smallest absolute Gasteiger partial charge is 0.317 e. The summed E-state index contributed by atoms with van der Waals surface area (Å²) in [5.41, 5.74) is 3.09. The van der Waals surface area contributed by atoms with E-state index in [2.05, 4.69) is 33.6 Å². The van der Waals surface area contributed by atoms with Crippen molar-refractivity contribution in [3.8, 4) is 0 Å². The van der Waals surface area contributed by atoms with E-state index < -0.39 is 0 Å². The first-order valence-corrected chi connectivity index (χ1v) is 10.0. The van der Waals surface area contributed by atoms with Crippen LogP contribution in [0.3, 0.4) is 0 Å². The minimum Gasteiger partial charge on any atom is -0.336 e. The van der Waals surface area contributed by atoms with E-state index >= 15 is 0 Å². The molecule has 0 bridgehead atoms. The van der Waals surface area contributed by atoms with E-state index in [9.17, 15) is 9.59 Å². The van der Waals surface area contributed by atoms with Crippen molar-refractivity contribution in [2.75, 3.05) is 19.6 Å². The number of carbonyl (C=O) groups excluding carboxylic acids is 1. The van der Waals surface area contributed by atoms with Crippen LogP contribution in [0, 0.1) is 0 Å². The molecule has 0 radical (unpaired) electrons. The number of urea groups is 1. The van der Waals surface area contributed by atoms with Gasteiger partial charge in [-0.15, -0.1) is 11.3 Å². The Morgan fingerprint density at radius 3 is 3.04 bits per heavy atom. The minimum atomic E-state index is -0.0896. The normalized spacial score (nSPS) is 18.1. The number of thiophene rings is 1. The van der Waals surface area contributed by atoms with Crippen LogP contribution in [0.2, 0.25) is 0 Å². The van der Waals surface area contributed by atoms with Gasteiger partial charge in [0, 0.05) is 48.9 Å². The topological polar surface area (TPSA) is 68.4 Å². The van der Waals surface area contributed by atoms with Crippen molar-refractivity contribution in [3.05, 3.63) is 55.6 Å². The molecular weight excluding hydrogens is 348 g/mol. The van der Waals surface area contributed by atoms with Gasteiger partial charge in [-0.2, -0.15) is 0 Å².